The maximum Gasteiger partial charge on any atom is 0.248 e. The minimum absolute atomic E-state index is 0.0265. The van der Waals surface area contributed by atoms with Crippen molar-refractivity contribution < 1.29 is 13.5 Å². The van der Waals surface area contributed by atoms with Crippen molar-refractivity contribution in [2.24, 2.45) is 5.92 Å². The average molecular weight is 213 g/mol. The number of aryl methyl sites for hydroxylation is 1. The van der Waals surface area contributed by atoms with Gasteiger partial charge in [0, 0.05) is 30.5 Å². The van der Waals surface area contributed by atoms with Gasteiger partial charge in [0.1, 0.15) is 0 Å². The molecule has 82 valence electrons. The van der Waals surface area contributed by atoms with Gasteiger partial charge in [0.05, 0.1) is 6.61 Å². The third-order valence-electron chi connectivity index (χ3n) is 2.59. The van der Waals surface area contributed by atoms with Gasteiger partial charge < -0.3 is 4.74 Å². The number of pyridine rings is 1. The standard InChI is InChI=1S/C11H13F2NO/c1-8-3-2-4-14-10(8)15-7-9-5-11(12,13)6-9/h2-4,9H,5-7H2,1H3. The van der Waals surface area contributed by atoms with E-state index < -0.39 is 5.92 Å². The van der Waals surface area contributed by atoms with E-state index in [0.717, 1.165) is 5.56 Å². The molecular formula is C11H13F2NO. The molecule has 0 aliphatic heterocycles. The molecule has 1 aliphatic carbocycles. The van der Waals surface area contributed by atoms with Crippen molar-refractivity contribution in [1.29, 1.82) is 0 Å². The van der Waals surface area contributed by atoms with Crippen LogP contribution in [0.25, 0.3) is 0 Å². The summed E-state index contributed by atoms with van der Waals surface area (Å²) in [5.41, 5.74) is 0.934. The summed E-state index contributed by atoms with van der Waals surface area (Å²) >= 11 is 0. The van der Waals surface area contributed by atoms with Gasteiger partial charge in [-0.1, -0.05) is 6.07 Å². The van der Waals surface area contributed by atoms with E-state index in [0.29, 0.717) is 12.5 Å². The zero-order valence-corrected chi connectivity index (χ0v) is 8.54. The van der Waals surface area contributed by atoms with Crippen molar-refractivity contribution in [3.05, 3.63) is 23.9 Å². The Morgan fingerprint density at radius 1 is 1.53 bits per heavy atom. The van der Waals surface area contributed by atoms with E-state index in [2.05, 4.69) is 4.98 Å². The number of nitrogens with zero attached hydrogens (tertiary/aromatic N) is 1. The van der Waals surface area contributed by atoms with Crippen LogP contribution in [0.15, 0.2) is 18.3 Å². The molecule has 0 spiro atoms. The van der Waals surface area contributed by atoms with Crippen LogP contribution < -0.4 is 4.74 Å². The van der Waals surface area contributed by atoms with Crippen LogP contribution in [0.1, 0.15) is 18.4 Å². The molecule has 0 bridgehead atoms. The summed E-state index contributed by atoms with van der Waals surface area (Å²) in [7, 11) is 0. The maximum atomic E-state index is 12.5. The highest BCUT2D eigenvalue weighted by Crippen LogP contribution is 2.42. The van der Waals surface area contributed by atoms with E-state index in [-0.39, 0.29) is 18.8 Å². The van der Waals surface area contributed by atoms with Crippen LogP contribution in [0, 0.1) is 12.8 Å². The zero-order chi connectivity index (χ0) is 10.9. The third kappa shape index (κ3) is 2.43. The van der Waals surface area contributed by atoms with Crippen molar-refractivity contribution in [2.45, 2.75) is 25.7 Å². The lowest BCUT2D eigenvalue weighted by atomic mass is 9.82. The summed E-state index contributed by atoms with van der Waals surface area (Å²) < 4.78 is 30.4. The summed E-state index contributed by atoms with van der Waals surface area (Å²) in [4.78, 5) is 4.04. The van der Waals surface area contributed by atoms with Gasteiger partial charge in [0.15, 0.2) is 0 Å². The molecule has 1 saturated carbocycles. The highest BCUT2D eigenvalue weighted by Gasteiger charge is 2.45. The predicted molar refractivity (Wildman–Crippen MR) is 52.1 cm³/mol. The fourth-order valence-corrected chi connectivity index (χ4v) is 1.72. The molecule has 1 aliphatic rings. The van der Waals surface area contributed by atoms with Crippen molar-refractivity contribution in [3.8, 4) is 5.88 Å². The number of hydrogen-bond donors (Lipinski definition) is 0. The van der Waals surface area contributed by atoms with Crippen LogP contribution in [0.3, 0.4) is 0 Å². The molecule has 0 radical (unpaired) electrons. The first kappa shape index (κ1) is 10.3. The monoisotopic (exact) mass is 213 g/mol. The molecule has 1 heterocycles. The Balaban J connectivity index is 1.82. The molecule has 15 heavy (non-hydrogen) atoms. The first-order valence-corrected chi connectivity index (χ1v) is 4.99. The fourth-order valence-electron chi connectivity index (χ4n) is 1.72. The van der Waals surface area contributed by atoms with Crippen LogP contribution in [-0.2, 0) is 0 Å². The molecule has 0 saturated heterocycles. The van der Waals surface area contributed by atoms with Gasteiger partial charge in [-0.3, -0.25) is 0 Å². The lowest BCUT2D eigenvalue weighted by Crippen LogP contribution is -2.38. The number of halogens is 2. The molecule has 1 aromatic heterocycles. The highest BCUT2D eigenvalue weighted by molar-refractivity contribution is 5.23. The van der Waals surface area contributed by atoms with Crippen molar-refractivity contribution in [2.75, 3.05) is 6.61 Å². The van der Waals surface area contributed by atoms with Crippen LogP contribution in [0.5, 0.6) is 5.88 Å². The van der Waals surface area contributed by atoms with E-state index in [1.807, 2.05) is 19.1 Å². The molecule has 2 nitrogen and oxygen atoms in total. The maximum absolute atomic E-state index is 12.5. The molecule has 0 aromatic carbocycles. The fraction of sp³-hybridized carbons (Fsp3) is 0.545. The van der Waals surface area contributed by atoms with E-state index in [1.165, 1.54) is 0 Å². The first-order chi connectivity index (χ1) is 7.07. The van der Waals surface area contributed by atoms with Crippen LogP contribution in [-0.4, -0.2) is 17.5 Å². The number of rotatable bonds is 3. The van der Waals surface area contributed by atoms with Gasteiger partial charge in [0.25, 0.3) is 0 Å². The number of aromatic nitrogens is 1. The first-order valence-electron chi connectivity index (χ1n) is 4.99. The largest absolute Gasteiger partial charge is 0.477 e. The highest BCUT2D eigenvalue weighted by atomic mass is 19.3. The molecule has 0 unspecified atom stereocenters. The van der Waals surface area contributed by atoms with Gasteiger partial charge in [-0.05, 0) is 13.0 Å². The molecule has 4 heteroatoms. The minimum Gasteiger partial charge on any atom is -0.477 e. The van der Waals surface area contributed by atoms with Gasteiger partial charge >= 0.3 is 0 Å². The Labute approximate surface area is 87.3 Å². The summed E-state index contributed by atoms with van der Waals surface area (Å²) in [6.45, 7) is 2.23. The second kappa shape index (κ2) is 3.76. The van der Waals surface area contributed by atoms with Crippen molar-refractivity contribution >= 4 is 0 Å². The van der Waals surface area contributed by atoms with E-state index in [1.54, 1.807) is 6.20 Å². The van der Waals surface area contributed by atoms with E-state index in [9.17, 15) is 8.78 Å². The Hall–Kier alpha value is -1.19. The minimum atomic E-state index is -2.47. The van der Waals surface area contributed by atoms with Crippen molar-refractivity contribution in [1.82, 2.24) is 4.98 Å². The van der Waals surface area contributed by atoms with Gasteiger partial charge in [-0.25, -0.2) is 13.8 Å². The van der Waals surface area contributed by atoms with Crippen molar-refractivity contribution in [3.63, 3.8) is 0 Å². The Morgan fingerprint density at radius 2 is 2.27 bits per heavy atom. The molecule has 0 atom stereocenters. The molecule has 1 fully saturated rings. The third-order valence-corrected chi connectivity index (χ3v) is 2.59. The van der Waals surface area contributed by atoms with Crippen LogP contribution in [0.4, 0.5) is 8.78 Å². The zero-order valence-electron chi connectivity index (χ0n) is 8.54. The number of ether oxygens (including phenoxy) is 1. The SMILES string of the molecule is Cc1cccnc1OCC1CC(F)(F)C1. The van der Waals surface area contributed by atoms with Crippen LogP contribution >= 0.6 is 0 Å². The summed E-state index contributed by atoms with van der Waals surface area (Å²) in [6, 6.07) is 3.71. The average Bonchev–Trinajstić information content (AvgIpc) is 2.13. The van der Waals surface area contributed by atoms with Crippen LogP contribution in [0.2, 0.25) is 0 Å². The lowest BCUT2D eigenvalue weighted by molar-refractivity contribution is -0.119. The lowest BCUT2D eigenvalue weighted by Gasteiger charge is -2.34. The summed E-state index contributed by atoms with van der Waals surface area (Å²) in [5, 5.41) is 0. The van der Waals surface area contributed by atoms with Gasteiger partial charge in [0.2, 0.25) is 11.8 Å². The second-order valence-corrected chi connectivity index (χ2v) is 4.07. The number of hydrogen-bond acceptors (Lipinski definition) is 2. The molecule has 0 N–H and O–H groups in total. The summed E-state index contributed by atoms with van der Waals surface area (Å²) in [5.74, 6) is -1.94. The topological polar surface area (TPSA) is 22.1 Å². The predicted octanol–water partition coefficient (Wildman–Crippen LogP) is 2.81. The Bertz CT molecular complexity index is 346. The van der Waals surface area contributed by atoms with Gasteiger partial charge in [-0.2, -0.15) is 0 Å². The normalized spacial score (nSPS) is 19.7. The molecular weight excluding hydrogens is 200 g/mol. The Kier molecular flexibility index (Phi) is 2.59. The molecule has 1 aromatic rings. The quantitative estimate of drug-likeness (QED) is 0.770. The number of alkyl halides is 2. The van der Waals surface area contributed by atoms with E-state index >= 15 is 0 Å². The Morgan fingerprint density at radius 3 is 2.87 bits per heavy atom. The summed E-state index contributed by atoms with van der Waals surface area (Å²) in [6.07, 6.45) is 1.52. The van der Waals surface area contributed by atoms with E-state index in [4.69, 9.17) is 4.74 Å². The van der Waals surface area contributed by atoms with Gasteiger partial charge in [-0.15, -0.1) is 0 Å². The smallest absolute Gasteiger partial charge is 0.248 e. The molecule has 0 amide bonds. The molecule has 2 rings (SSSR count). The second-order valence-electron chi connectivity index (χ2n) is 4.07.